The van der Waals surface area contributed by atoms with E-state index in [1.165, 1.54) is 35.9 Å². The zero-order chi connectivity index (χ0) is 20.8. The highest BCUT2D eigenvalue weighted by Crippen LogP contribution is 2.24. The number of carbonyl (C=O) groups is 1. The Morgan fingerprint density at radius 3 is 2.21 bits per heavy atom. The number of anilines is 1. The fraction of sp³-hybridized carbons (Fsp3) is 0.286. The first kappa shape index (κ1) is 21.7. The molecule has 0 aliphatic carbocycles. The molecule has 2 rings (SSSR count). The van der Waals surface area contributed by atoms with E-state index >= 15 is 0 Å². The number of rotatable bonds is 8. The zero-order valence-electron chi connectivity index (χ0n) is 16.4. The average Bonchev–Trinajstić information content (AvgIpc) is 2.65. The molecule has 2 aromatic carbocycles. The molecular weight excluding hydrogens is 376 g/mol. The van der Waals surface area contributed by atoms with Crippen LogP contribution in [0, 0.1) is 0 Å². The van der Waals surface area contributed by atoms with Crippen molar-refractivity contribution in [1.29, 1.82) is 0 Å². The standard InChI is InChI=1S/C21H26N2O4S/c1-5-14-22-28(25,26)19-12-8-17(9-13-19)23-20(24)15-27-18-10-6-16(7-11-18)21(2,3)4/h5-13,22H,1,14-15H2,2-4H3,(H,23,24). The number of benzene rings is 2. The van der Waals surface area contributed by atoms with Crippen LogP contribution < -0.4 is 14.8 Å². The summed E-state index contributed by atoms with van der Waals surface area (Å²) in [6.45, 7) is 9.86. The van der Waals surface area contributed by atoms with E-state index in [4.69, 9.17) is 4.74 Å². The third-order valence-corrected chi connectivity index (χ3v) is 5.40. The van der Waals surface area contributed by atoms with Crippen LogP contribution in [0.1, 0.15) is 26.3 Å². The normalized spacial score (nSPS) is 11.7. The maximum absolute atomic E-state index is 12.1. The lowest BCUT2D eigenvalue weighted by Crippen LogP contribution is -2.23. The first-order valence-electron chi connectivity index (χ1n) is 8.85. The molecule has 2 aromatic rings. The van der Waals surface area contributed by atoms with Gasteiger partial charge >= 0.3 is 0 Å². The second kappa shape index (κ2) is 9.03. The van der Waals surface area contributed by atoms with Gasteiger partial charge in [0.25, 0.3) is 5.91 Å². The number of hydrogen-bond donors (Lipinski definition) is 2. The van der Waals surface area contributed by atoms with Crippen molar-refractivity contribution in [3.05, 3.63) is 66.7 Å². The van der Waals surface area contributed by atoms with Crippen molar-refractivity contribution in [1.82, 2.24) is 4.72 Å². The van der Waals surface area contributed by atoms with Crippen LogP contribution in [-0.4, -0.2) is 27.5 Å². The second-order valence-corrected chi connectivity index (χ2v) is 9.04. The number of nitrogens with one attached hydrogen (secondary N) is 2. The summed E-state index contributed by atoms with van der Waals surface area (Å²) in [6.07, 6.45) is 1.46. The molecule has 0 saturated heterocycles. The topological polar surface area (TPSA) is 84.5 Å². The summed E-state index contributed by atoms with van der Waals surface area (Å²) in [6, 6.07) is 13.5. The fourth-order valence-electron chi connectivity index (χ4n) is 2.37. The molecule has 1 amide bonds. The average molecular weight is 403 g/mol. The van der Waals surface area contributed by atoms with E-state index in [9.17, 15) is 13.2 Å². The Morgan fingerprint density at radius 1 is 1.07 bits per heavy atom. The largest absolute Gasteiger partial charge is 0.484 e. The Bertz CT molecular complexity index is 912. The Morgan fingerprint density at radius 2 is 1.68 bits per heavy atom. The monoisotopic (exact) mass is 402 g/mol. The third kappa shape index (κ3) is 6.21. The fourth-order valence-corrected chi connectivity index (χ4v) is 3.36. The summed E-state index contributed by atoms with van der Waals surface area (Å²) in [5.74, 6) is 0.276. The van der Waals surface area contributed by atoms with Gasteiger partial charge in [0.2, 0.25) is 10.0 Å². The summed E-state index contributed by atoms with van der Waals surface area (Å²) in [5, 5.41) is 2.67. The molecule has 0 aliphatic rings. The van der Waals surface area contributed by atoms with Crippen LogP contribution in [0.25, 0.3) is 0 Å². The van der Waals surface area contributed by atoms with Crippen molar-refractivity contribution in [2.75, 3.05) is 18.5 Å². The van der Waals surface area contributed by atoms with E-state index in [-0.39, 0.29) is 29.4 Å². The Balaban J connectivity index is 1.90. The number of amides is 1. The minimum absolute atomic E-state index is 0.0523. The van der Waals surface area contributed by atoms with Crippen molar-refractivity contribution >= 4 is 21.6 Å². The smallest absolute Gasteiger partial charge is 0.262 e. The predicted molar refractivity (Wildman–Crippen MR) is 111 cm³/mol. The van der Waals surface area contributed by atoms with E-state index in [2.05, 4.69) is 37.4 Å². The molecule has 0 spiro atoms. The van der Waals surface area contributed by atoms with Gasteiger partial charge in [-0.3, -0.25) is 4.79 Å². The van der Waals surface area contributed by atoms with Crippen molar-refractivity contribution in [3.8, 4) is 5.75 Å². The summed E-state index contributed by atoms with van der Waals surface area (Å²) in [7, 11) is -3.59. The second-order valence-electron chi connectivity index (χ2n) is 7.28. The molecule has 28 heavy (non-hydrogen) atoms. The van der Waals surface area contributed by atoms with Crippen molar-refractivity contribution < 1.29 is 17.9 Å². The van der Waals surface area contributed by atoms with Gasteiger partial charge in [0.15, 0.2) is 6.61 Å². The molecule has 6 nitrogen and oxygen atoms in total. The molecular formula is C21H26N2O4S. The number of carbonyl (C=O) groups excluding carboxylic acids is 1. The molecule has 0 unspecified atom stereocenters. The van der Waals surface area contributed by atoms with E-state index in [0.717, 1.165) is 0 Å². The van der Waals surface area contributed by atoms with Gasteiger partial charge in [0.1, 0.15) is 5.75 Å². The van der Waals surface area contributed by atoms with Gasteiger partial charge in [0.05, 0.1) is 4.90 Å². The van der Waals surface area contributed by atoms with Gasteiger partial charge in [-0.1, -0.05) is 39.0 Å². The maximum atomic E-state index is 12.1. The van der Waals surface area contributed by atoms with Crippen molar-refractivity contribution in [3.63, 3.8) is 0 Å². The Labute approximate surface area is 166 Å². The number of sulfonamides is 1. The zero-order valence-corrected chi connectivity index (χ0v) is 17.2. The van der Waals surface area contributed by atoms with Crippen LogP contribution in [0.15, 0.2) is 66.1 Å². The van der Waals surface area contributed by atoms with Crippen LogP contribution in [-0.2, 0) is 20.2 Å². The lowest BCUT2D eigenvalue weighted by Gasteiger charge is -2.19. The Hall–Kier alpha value is -2.64. The molecule has 0 aromatic heterocycles. The highest BCUT2D eigenvalue weighted by atomic mass is 32.2. The van der Waals surface area contributed by atoms with Gasteiger partial charge < -0.3 is 10.1 Å². The molecule has 150 valence electrons. The van der Waals surface area contributed by atoms with Crippen LogP contribution in [0.5, 0.6) is 5.75 Å². The van der Waals surface area contributed by atoms with Gasteiger partial charge in [-0.2, -0.15) is 0 Å². The molecule has 0 fully saturated rings. The lowest BCUT2D eigenvalue weighted by atomic mass is 9.87. The highest BCUT2D eigenvalue weighted by molar-refractivity contribution is 7.89. The van der Waals surface area contributed by atoms with E-state index < -0.39 is 10.0 Å². The third-order valence-electron chi connectivity index (χ3n) is 3.96. The molecule has 0 saturated carbocycles. The van der Waals surface area contributed by atoms with Gasteiger partial charge in [-0.15, -0.1) is 6.58 Å². The van der Waals surface area contributed by atoms with Gasteiger partial charge in [-0.05, 0) is 47.4 Å². The molecule has 0 aliphatic heterocycles. The molecule has 0 bridgehead atoms. The van der Waals surface area contributed by atoms with E-state index in [1.807, 2.05) is 24.3 Å². The summed E-state index contributed by atoms with van der Waals surface area (Å²) in [5.41, 5.74) is 1.72. The summed E-state index contributed by atoms with van der Waals surface area (Å²) >= 11 is 0. The van der Waals surface area contributed by atoms with Gasteiger partial charge in [-0.25, -0.2) is 13.1 Å². The first-order chi connectivity index (χ1) is 13.1. The molecule has 7 heteroatoms. The lowest BCUT2D eigenvalue weighted by molar-refractivity contribution is -0.118. The quantitative estimate of drug-likeness (QED) is 0.662. The minimum Gasteiger partial charge on any atom is -0.484 e. The molecule has 2 N–H and O–H groups in total. The van der Waals surface area contributed by atoms with Crippen molar-refractivity contribution in [2.24, 2.45) is 0 Å². The van der Waals surface area contributed by atoms with Crippen molar-refractivity contribution in [2.45, 2.75) is 31.1 Å². The van der Waals surface area contributed by atoms with Crippen LogP contribution in [0.3, 0.4) is 0 Å². The first-order valence-corrected chi connectivity index (χ1v) is 10.3. The summed E-state index contributed by atoms with van der Waals surface area (Å²) < 4.78 is 31.9. The highest BCUT2D eigenvalue weighted by Gasteiger charge is 2.14. The molecule has 0 radical (unpaired) electrons. The summed E-state index contributed by atoms with van der Waals surface area (Å²) in [4.78, 5) is 12.2. The Kier molecular flexibility index (Phi) is 6.99. The SMILES string of the molecule is C=CCNS(=O)(=O)c1ccc(NC(=O)COc2ccc(C(C)(C)C)cc2)cc1. The number of ether oxygens (including phenoxy) is 1. The number of hydrogen-bond acceptors (Lipinski definition) is 4. The van der Waals surface area contributed by atoms with Gasteiger partial charge in [0, 0.05) is 12.2 Å². The van der Waals surface area contributed by atoms with E-state index in [0.29, 0.717) is 11.4 Å². The van der Waals surface area contributed by atoms with Crippen LogP contribution in [0.4, 0.5) is 5.69 Å². The molecule has 0 atom stereocenters. The van der Waals surface area contributed by atoms with Crippen LogP contribution in [0.2, 0.25) is 0 Å². The maximum Gasteiger partial charge on any atom is 0.262 e. The predicted octanol–water partition coefficient (Wildman–Crippen LogP) is 3.47. The van der Waals surface area contributed by atoms with E-state index in [1.54, 1.807) is 0 Å². The van der Waals surface area contributed by atoms with Crippen LogP contribution >= 0.6 is 0 Å². The molecule has 0 heterocycles. The minimum atomic E-state index is -3.59.